The zero-order chi connectivity index (χ0) is 15.1. The standard InChI is InChI=1S/C13H16BrF2NO2S/c1-3-10-5-4-8(2)17(10)20(18,19)13-11(14)6-9(15)7-12(13)16/h6-8,10H,3-5H2,1-2H3. The minimum atomic E-state index is -3.98. The van der Waals surface area contributed by atoms with Gasteiger partial charge in [0, 0.05) is 22.6 Å². The van der Waals surface area contributed by atoms with E-state index in [4.69, 9.17) is 0 Å². The van der Waals surface area contributed by atoms with E-state index in [0.717, 1.165) is 18.9 Å². The Labute approximate surface area is 126 Å². The Balaban J connectivity index is 2.56. The van der Waals surface area contributed by atoms with Crippen LogP contribution in [0.1, 0.15) is 33.1 Å². The van der Waals surface area contributed by atoms with Gasteiger partial charge in [-0.1, -0.05) is 6.92 Å². The fraction of sp³-hybridized carbons (Fsp3) is 0.538. The lowest BCUT2D eigenvalue weighted by atomic mass is 10.2. The van der Waals surface area contributed by atoms with Crippen molar-refractivity contribution in [1.82, 2.24) is 4.31 Å². The van der Waals surface area contributed by atoms with Crippen LogP contribution in [0.3, 0.4) is 0 Å². The van der Waals surface area contributed by atoms with Crippen molar-refractivity contribution < 1.29 is 17.2 Å². The number of hydrogen-bond acceptors (Lipinski definition) is 2. The molecule has 2 rings (SSSR count). The van der Waals surface area contributed by atoms with Gasteiger partial charge >= 0.3 is 0 Å². The van der Waals surface area contributed by atoms with Gasteiger partial charge in [-0.25, -0.2) is 17.2 Å². The predicted octanol–water partition coefficient (Wildman–Crippen LogP) is 3.68. The summed E-state index contributed by atoms with van der Waals surface area (Å²) in [5.74, 6) is -1.87. The summed E-state index contributed by atoms with van der Waals surface area (Å²) in [4.78, 5) is -0.480. The lowest BCUT2D eigenvalue weighted by molar-refractivity contribution is 0.327. The lowest BCUT2D eigenvalue weighted by Crippen LogP contribution is -2.40. The zero-order valence-corrected chi connectivity index (χ0v) is 13.6. The minimum Gasteiger partial charge on any atom is -0.207 e. The summed E-state index contributed by atoms with van der Waals surface area (Å²) >= 11 is 2.96. The molecule has 1 aromatic carbocycles. The van der Waals surface area contributed by atoms with Gasteiger partial charge < -0.3 is 0 Å². The van der Waals surface area contributed by atoms with E-state index in [9.17, 15) is 17.2 Å². The highest BCUT2D eigenvalue weighted by Gasteiger charge is 2.41. The first kappa shape index (κ1) is 15.9. The first-order chi connectivity index (χ1) is 9.28. The van der Waals surface area contributed by atoms with Crippen LogP contribution in [0.2, 0.25) is 0 Å². The molecule has 1 fully saturated rings. The molecule has 1 saturated heterocycles. The number of hydrogen-bond donors (Lipinski definition) is 0. The topological polar surface area (TPSA) is 37.4 Å². The Morgan fingerprint density at radius 2 is 2.00 bits per heavy atom. The molecule has 1 aliphatic rings. The van der Waals surface area contributed by atoms with Crippen molar-refractivity contribution in [3.05, 3.63) is 28.2 Å². The van der Waals surface area contributed by atoms with Crippen molar-refractivity contribution in [2.75, 3.05) is 0 Å². The van der Waals surface area contributed by atoms with Crippen LogP contribution in [0.4, 0.5) is 8.78 Å². The summed E-state index contributed by atoms with van der Waals surface area (Å²) in [5, 5.41) is 0. The molecule has 0 aromatic heterocycles. The van der Waals surface area contributed by atoms with E-state index in [-0.39, 0.29) is 16.6 Å². The molecule has 2 unspecified atom stereocenters. The van der Waals surface area contributed by atoms with Gasteiger partial charge in [-0.2, -0.15) is 4.31 Å². The van der Waals surface area contributed by atoms with Crippen LogP contribution in [0.15, 0.2) is 21.5 Å². The van der Waals surface area contributed by atoms with Gasteiger partial charge in [0.15, 0.2) is 0 Å². The highest BCUT2D eigenvalue weighted by Crippen LogP contribution is 2.36. The number of benzene rings is 1. The average molecular weight is 368 g/mol. The van der Waals surface area contributed by atoms with Crippen LogP contribution < -0.4 is 0 Å². The third-order valence-corrected chi connectivity index (χ3v) is 6.71. The van der Waals surface area contributed by atoms with Crippen LogP contribution >= 0.6 is 15.9 Å². The van der Waals surface area contributed by atoms with Gasteiger partial charge in [0.2, 0.25) is 10.0 Å². The van der Waals surface area contributed by atoms with Crippen LogP contribution in [0.5, 0.6) is 0 Å². The number of nitrogens with zero attached hydrogens (tertiary/aromatic N) is 1. The normalized spacial score (nSPS) is 24.2. The Morgan fingerprint density at radius 1 is 1.35 bits per heavy atom. The van der Waals surface area contributed by atoms with Gasteiger partial charge in [-0.15, -0.1) is 0 Å². The molecule has 0 bridgehead atoms. The maximum absolute atomic E-state index is 13.9. The Hall–Kier alpha value is -0.530. The molecule has 1 aliphatic heterocycles. The van der Waals surface area contributed by atoms with Crippen LogP contribution in [-0.2, 0) is 10.0 Å². The van der Waals surface area contributed by atoms with Gasteiger partial charge in [-0.05, 0) is 48.2 Å². The predicted molar refractivity (Wildman–Crippen MR) is 75.9 cm³/mol. The van der Waals surface area contributed by atoms with Crippen molar-refractivity contribution in [2.24, 2.45) is 0 Å². The number of rotatable bonds is 3. The first-order valence-electron chi connectivity index (χ1n) is 6.47. The summed E-state index contributed by atoms with van der Waals surface area (Å²) < 4.78 is 53.7. The van der Waals surface area contributed by atoms with Crippen molar-refractivity contribution in [3.8, 4) is 0 Å². The van der Waals surface area contributed by atoms with Gasteiger partial charge in [0.1, 0.15) is 16.5 Å². The molecule has 0 aliphatic carbocycles. The summed E-state index contributed by atoms with van der Waals surface area (Å²) in [7, 11) is -3.98. The fourth-order valence-electron chi connectivity index (χ4n) is 2.75. The molecule has 0 N–H and O–H groups in total. The third kappa shape index (κ3) is 2.63. The number of sulfonamides is 1. The van der Waals surface area contributed by atoms with Gasteiger partial charge in [0.25, 0.3) is 0 Å². The Kier molecular flexibility index (Phi) is 4.51. The molecule has 1 aromatic rings. The summed E-state index contributed by atoms with van der Waals surface area (Å²) in [5.41, 5.74) is 0. The molecule has 7 heteroatoms. The van der Waals surface area contributed by atoms with Crippen LogP contribution in [0, 0.1) is 11.6 Å². The quantitative estimate of drug-likeness (QED) is 0.816. The molecule has 0 radical (unpaired) electrons. The third-order valence-electron chi connectivity index (χ3n) is 3.68. The zero-order valence-electron chi connectivity index (χ0n) is 11.2. The van der Waals surface area contributed by atoms with Crippen molar-refractivity contribution >= 4 is 26.0 Å². The molecule has 0 saturated carbocycles. The van der Waals surface area contributed by atoms with E-state index in [1.165, 1.54) is 4.31 Å². The summed E-state index contributed by atoms with van der Waals surface area (Å²) in [6, 6.07) is 1.25. The smallest absolute Gasteiger partial charge is 0.207 e. The van der Waals surface area contributed by atoms with E-state index in [1.54, 1.807) is 0 Å². The van der Waals surface area contributed by atoms with E-state index in [1.807, 2.05) is 13.8 Å². The molecule has 0 spiro atoms. The van der Waals surface area contributed by atoms with Crippen molar-refractivity contribution in [1.29, 1.82) is 0 Å². The first-order valence-corrected chi connectivity index (χ1v) is 8.70. The Morgan fingerprint density at radius 3 is 2.55 bits per heavy atom. The van der Waals surface area contributed by atoms with E-state index >= 15 is 0 Å². The molecule has 1 heterocycles. The van der Waals surface area contributed by atoms with E-state index in [0.29, 0.717) is 12.5 Å². The highest BCUT2D eigenvalue weighted by atomic mass is 79.9. The molecule has 112 valence electrons. The molecule has 2 atom stereocenters. The lowest BCUT2D eigenvalue weighted by Gasteiger charge is -2.27. The van der Waals surface area contributed by atoms with E-state index < -0.39 is 26.6 Å². The second-order valence-corrected chi connectivity index (χ2v) is 7.66. The second-order valence-electron chi connectivity index (χ2n) is 5.02. The maximum Gasteiger partial charge on any atom is 0.247 e. The van der Waals surface area contributed by atoms with E-state index in [2.05, 4.69) is 15.9 Å². The molecule has 0 amide bonds. The van der Waals surface area contributed by atoms with Gasteiger partial charge in [-0.3, -0.25) is 0 Å². The number of halogens is 3. The van der Waals surface area contributed by atoms with Gasteiger partial charge in [0.05, 0.1) is 0 Å². The second kappa shape index (κ2) is 5.69. The maximum atomic E-state index is 13.9. The Bertz CT molecular complexity index is 598. The monoisotopic (exact) mass is 367 g/mol. The van der Waals surface area contributed by atoms with Crippen molar-refractivity contribution in [3.63, 3.8) is 0 Å². The summed E-state index contributed by atoms with van der Waals surface area (Å²) in [6.45, 7) is 3.71. The van der Waals surface area contributed by atoms with Crippen LogP contribution in [-0.4, -0.2) is 24.8 Å². The molecule has 20 heavy (non-hydrogen) atoms. The molecule has 3 nitrogen and oxygen atoms in total. The molecular formula is C13H16BrF2NO2S. The largest absolute Gasteiger partial charge is 0.247 e. The highest BCUT2D eigenvalue weighted by molar-refractivity contribution is 9.10. The average Bonchev–Trinajstić information content (AvgIpc) is 2.69. The minimum absolute atomic E-state index is 0.0797. The molecular weight excluding hydrogens is 352 g/mol. The SMILES string of the molecule is CCC1CCC(C)N1S(=O)(=O)c1c(F)cc(F)cc1Br. The summed E-state index contributed by atoms with van der Waals surface area (Å²) in [6.07, 6.45) is 2.18. The fourth-order valence-corrected chi connectivity index (χ4v) is 5.82. The van der Waals surface area contributed by atoms with Crippen molar-refractivity contribution in [2.45, 2.75) is 50.1 Å². The van der Waals surface area contributed by atoms with Crippen LogP contribution in [0.25, 0.3) is 0 Å².